The van der Waals surface area contributed by atoms with E-state index in [-0.39, 0.29) is 6.04 Å². The van der Waals surface area contributed by atoms with E-state index in [1.807, 2.05) is 24.3 Å². The average Bonchev–Trinajstić information content (AvgIpc) is 2.42. The Bertz CT molecular complexity index is 485. The quantitative estimate of drug-likeness (QED) is 0.884. The first-order valence-corrected chi connectivity index (χ1v) is 6.58. The smallest absolute Gasteiger partial charge is 0.0640 e. The molecule has 0 amide bonds. The van der Waals surface area contributed by atoms with Crippen molar-refractivity contribution in [3.8, 4) is 0 Å². The summed E-state index contributed by atoms with van der Waals surface area (Å²) in [7, 11) is 0. The lowest BCUT2D eigenvalue weighted by Crippen LogP contribution is -2.23. The first-order chi connectivity index (χ1) is 8.83. The van der Waals surface area contributed by atoms with Gasteiger partial charge in [0.2, 0.25) is 0 Å². The molecule has 2 nitrogen and oxygen atoms in total. The molecule has 2 aromatic rings. The SMILES string of the molecule is CCCNC(c1ccccc1)c1ccncc1Cl. The summed E-state index contributed by atoms with van der Waals surface area (Å²) in [4.78, 5) is 4.04. The van der Waals surface area contributed by atoms with E-state index in [1.165, 1.54) is 5.56 Å². The predicted octanol–water partition coefficient (Wildman–Crippen LogP) is 3.82. The van der Waals surface area contributed by atoms with E-state index in [0.717, 1.165) is 18.5 Å². The molecule has 0 spiro atoms. The van der Waals surface area contributed by atoms with Crippen LogP contribution in [0, 0.1) is 0 Å². The van der Waals surface area contributed by atoms with Gasteiger partial charge in [-0.2, -0.15) is 0 Å². The topological polar surface area (TPSA) is 24.9 Å². The average molecular weight is 261 g/mol. The van der Waals surface area contributed by atoms with Crippen molar-refractivity contribution in [2.24, 2.45) is 0 Å². The molecular weight excluding hydrogens is 244 g/mol. The molecule has 94 valence electrons. The van der Waals surface area contributed by atoms with Crippen LogP contribution >= 0.6 is 11.6 Å². The van der Waals surface area contributed by atoms with Gasteiger partial charge in [0.25, 0.3) is 0 Å². The summed E-state index contributed by atoms with van der Waals surface area (Å²) in [6.07, 6.45) is 4.57. The Morgan fingerprint density at radius 3 is 2.67 bits per heavy atom. The summed E-state index contributed by atoms with van der Waals surface area (Å²) in [5.41, 5.74) is 2.30. The van der Waals surface area contributed by atoms with Crippen molar-refractivity contribution in [1.82, 2.24) is 10.3 Å². The molecule has 1 unspecified atom stereocenters. The zero-order valence-corrected chi connectivity index (χ0v) is 11.2. The maximum atomic E-state index is 6.25. The second kappa shape index (κ2) is 6.53. The second-order valence-corrected chi connectivity index (χ2v) is 4.60. The molecule has 1 aromatic carbocycles. The van der Waals surface area contributed by atoms with Crippen molar-refractivity contribution >= 4 is 11.6 Å². The molecule has 1 atom stereocenters. The summed E-state index contributed by atoms with van der Waals surface area (Å²) in [5.74, 6) is 0. The third-order valence-electron chi connectivity index (χ3n) is 2.85. The van der Waals surface area contributed by atoms with E-state index in [4.69, 9.17) is 11.6 Å². The highest BCUT2D eigenvalue weighted by molar-refractivity contribution is 6.31. The molecule has 0 aliphatic rings. The number of pyridine rings is 1. The van der Waals surface area contributed by atoms with Crippen molar-refractivity contribution in [3.05, 3.63) is 64.9 Å². The second-order valence-electron chi connectivity index (χ2n) is 4.20. The van der Waals surface area contributed by atoms with Crippen LogP contribution in [0.5, 0.6) is 0 Å². The molecule has 0 aliphatic heterocycles. The lowest BCUT2D eigenvalue weighted by molar-refractivity contribution is 0.598. The molecule has 1 aromatic heterocycles. The van der Waals surface area contributed by atoms with Gasteiger partial charge >= 0.3 is 0 Å². The number of hydrogen-bond donors (Lipinski definition) is 1. The van der Waals surface area contributed by atoms with Crippen LogP contribution in [-0.2, 0) is 0 Å². The first-order valence-electron chi connectivity index (χ1n) is 6.20. The lowest BCUT2D eigenvalue weighted by atomic mass is 9.99. The van der Waals surface area contributed by atoms with Crippen LogP contribution in [0.3, 0.4) is 0 Å². The van der Waals surface area contributed by atoms with Gasteiger partial charge in [0, 0.05) is 12.4 Å². The molecule has 3 heteroatoms. The Morgan fingerprint density at radius 2 is 2.00 bits per heavy atom. The molecule has 1 heterocycles. The van der Waals surface area contributed by atoms with Gasteiger partial charge in [0.1, 0.15) is 0 Å². The minimum atomic E-state index is 0.127. The largest absolute Gasteiger partial charge is 0.306 e. The first kappa shape index (κ1) is 13.1. The summed E-state index contributed by atoms with van der Waals surface area (Å²) >= 11 is 6.25. The Hall–Kier alpha value is -1.38. The van der Waals surface area contributed by atoms with Crippen molar-refractivity contribution < 1.29 is 0 Å². The number of benzene rings is 1. The molecule has 0 fully saturated rings. The maximum absolute atomic E-state index is 6.25. The third kappa shape index (κ3) is 3.09. The van der Waals surface area contributed by atoms with Crippen molar-refractivity contribution in [2.45, 2.75) is 19.4 Å². The number of nitrogens with zero attached hydrogens (tertiary/aromatic N) is 1. The van der Waals surface area contributed by atoms with Gasteiger partial charge in [0.05, 0.1) is 11.1 Å². The number of halogens is 1. The minimum absolute atomic E-state index is 0.127. The van der Waals surface area contributed by atoms with Gasteiger partial charge < -0.3 is 5.32 Å². The van der Waals surface area contributed by atoms with Gasteiger partial charge in [-0.3, -0.25) is 4.98 Å². The van der Waals surface area contributed by atoms with Gasteiger partial charge in [-0.05, 0) is 30.2 Å². The van der Waals surface area contributed by atoms with Crippen LogP contribution < -0.4 is 5.32 Å². The Labute approximate surface area is 113 Å². The van der Waals surface area contributed by atoms with E-state index in [2.05, 4.69) is 29.4 Å². The van der Waals surface area contributed by atoms with Crippen LogP contribution in [0.25, 0.3) is 0 Å². The van der Waals surface area contributed by atoms with E-state index < -0.39 is 0 Å². The molecule has 2 rings (SSSR count). The zero-order chi connectivity index (χ0) is 12.8. The molecule has 0 bridgehead atoms. The summed E-state index contributed by atoms with van der Waals surface area (Å²) in [6, 6.07) is 12.4. The van der Waals surface area contributed by atoms with E-state index >= 15 is 0 Å². The molecule has 0 aliphatic carbocycles. The molecule has 0 saturated carbocycles. The number of rotatable bonds is 5. The van der Waals surface area contributed by atoms with Crippen molar-refractivity contribution in [3.63, 3.8) is 0 Å². The standard InChI is InChI=1S/C15H17ClN2/c1-2-9-18-15(12-6-4-3-5-7-12)13-8-10-17-11-14(13)16/h3-8,10-11,15,18H,2,9H2,1H3. The normalized spacial score (nSPS) is 12.3. The molecule has 0 saturated heterocycles. The minimum Gasteiger partial charge on any atom is -0.306 e. The highest BCUT2D eigenvalue weighted by Gasteiger charge is 2.15. The van der Waals surface area contributed by atoms with Crippen LogP contribution in [-0.4, -0.2) is 11.5 Å². The zero-order valence-electron chi connectivity index (χ0n) is 10.4. The van der Waals surface area contributed by atoms with Gasteiger partial charge in [-0.1, -0.05) is 48.9 Å². The van der Waals surface area contributed by atoms with E-state index in [1.54, 1.807) is 12.4 Å². The van der Waals surface area contributed by atoms with Crippen LogP contribution in [0.4, 0.5) is 0 Å². The molecule has 1 N–H and O–H groups in total. The highest BCUT2D eigenvalue weighted by atomic mass is 35.5. The maximum Gasteiger partial charge on any atom is 0.0640 e. The number of aromatic nitrogens is 1. The van der Waals surface area contributed by atoms with Crippen molar-refractivity contribution in [1.29, 1.82) is 0 Å². The lowest BCUT2D eigenvalue weighted by Gasteiger charge is -2.20. The highest BCUT2D eigenvalue weighted by Crippen LogP contribution is 2.27. The van der Waals surface area contributed by atoms with Crippen LogP contribution in [0.15, 0.2) is 48.8 Å². The summed E-state index contributed by atoms with van der Waals surface area (Å²) in [6.45, 7) is 3.11. The van der Waals surface area contributed by atoms with Crippen LogP contribution in [0.1, 0.15) is 30.5 Å². The van der Waals surface area contributed by atoms with Crippen molar-refractivity contribution in [2.75, 3.05) is 6.54 Å². The van der Waals surface area contributed by atoms with E-state index in [0.29, 0.717) is 5.02 Å². The molecule has 0 radical (unpaired) electrons. The Morgan fingerprint density at radius 1 is 1.22 bits per heavy atom. The Kier molecular flexibility index (Phi) is 4.73. The van der Waals surface area contributed by atoms with Gasteiger partial charge in [-0.15, -0.1) is 0 Å². The van der Waals surface area contributed by atoms with Crippen LogP contribution in [0.2, 0.25) is 5.02 Å². The fraction of sp³-hybridized carbons (Fsp3) is 0.267. The fourth-order valence-corrected chi connectivity index (χ4v) is 2.19. The van der Waals surface area contributed by atoms with E-state index in [9.17, 15) is 0 Å². The monoisotopic (exact) mass is 260 g/mol. The molecule has 18 heavy (non-hydrogen) atoms. The number of hydrogen-bond acceptors (Lipinski definition) is 2. The fourth-order valence-electron chi connectivity index (χ4n) is 1.96. The van der Waals surface area contributed by atoms with Gasteiger partial charge in [-0.25, -0.2) is 0 Å². The number of nitrogens with one attached hydrogen (secondary N) is 1. The Balaban J connectivity index is 2.34. The summed E-state index contributed by atoms with van der Waals surface area (Å²) in [5, 5.41) is 4.23. The summed E-state index contributed by atoms with van der Waals surface area (Å²) < 4.78 is 0. The molecular formula is C15H17ClN2. The third-order valence-corrected chi connectivity index (χ3v) is 3.16. The van der Waals surface area contributed by atoms with Gasteiger partial charge in [0.15, 0.2) is 0 Å². The predicted molar refractivity (Wildman–Crippen MR) is 75.8 cm³/mol.